The lowest BCUT2D eigenvalue weighted by molar-refractivity contribution is 0.0699. The Morgan fingerprint density at radius 2 is 2.00 bits per heavy atom. The number of carboxylic acid groups (broad SMARTS) is 1. The zero-order valence-electron chi connectivity index (χ0n) is 11.2. The predicted molar refractivity (Wildman–Crippen MR) is 79.4 cm³/mol. The summed E-state index contributed by atoms with van der Waals surface area (Å²) in [6.45, 7) is 6.18. The first kappa shape index (κ1) is 13.8. The number of rotatable bonds is 6. The third kappa shape index (κ3) is 2.87. The molecule has 0 bridgehead atoms. The summed E-state index contributed by atoms with van der Waals surface area (Å²) >= 11 is 1.57. The van der Waals surface area contributed by atoms with Gasteiger partial charge in [0.1, 0.15) is 0 Å². The molecule has 0 atom stereocenters. The third-order valence-electron chi connectivity index (χ3n) is 2.90. The average Bonchev–Trinajstić information content (AvgIpc) is 2.81. The molecule has 0 saturated carbocycles. The largest absolute Gasteiger partial charge is 0.478 e. The SMILES string of the molecule is CCCN(CCC)c1nc2c(C(=O)O)cccc2s1. The van der Waals surface area contributed by atoms with Gasteiger partial charge in [0.25, 0.3) is 0 Å². The second-order valence-corrected chi connectivity index (χ2v) is 5.45. The predicted octanol–water partition coefficient (Wildman–Crippen LogP) is 3.62. The second-order valence-electron chi connectivity index (χ2n) is 4.44. The molecule has 0 aliphatic rings. The van der Waals surface area contributed by atoms with Crippen molar-refractivity contribution < 1.29 is 9.90 Å². The van der Waals surface area contributed by atoms with E-state index < -0.39 is 5.97 Å². The molecule has 0 spiro atoms. The fraction of sp³-hybridized carbons (Fsp3) is 0.429. The van der Waals surface area contributed by atoms with Crippen LogP contribution in [0.1, 0.15) is 37.0 Å². The van der Waals surface area contributed by atoms with Gasteiger partial charge in [-0.05, 0) is 25.0 Å². The monoisotopic (exact) mass is 278 g/mol. The van der Waals surface area contributed by atoms with Gasteiger partial charge in [0.05, 0.1) is 15.8 Å². The average molecular weight is 278 g/mol. The van der Waals surface area contributed by atoms with Gasteiger partial charge in [-0.1, -0.05) is 31.3 Å². The highest BCUT2D eigenvalue weighted by Crippen LogP contribution is 2.31. The van der Waals surface area contributed by atoms with E-state index in [4.69, 9.17) is 0 Å². The van der Waals surface area contributed by atoms with Crippen LogP contribution in [-0.4, -0.2) is 29.1 Å². The maximum absolute atomic E-state index is 11.2. The molecule has 2 rings (SSSR count). The normalized spacial score (nSPS) is 10.8. The number of hydrogen-bond donors (Lipinski definition) is 1. The van der Waals surface area contributed by atoms with Gasteiger partial charge >= 0.3 is 5.97 Å². The van der Waals surface area contributed by atoms with E-state index in [1.807, 2.05) is 6.07 Å². The van der Waals surface area contributed by atoms with E-state index in [1.165, 1.54) is 0 Å². The Bertz CT molecular complexity index is 574. The molecule has 19 heavy (non-hydrogen) atoms. The Balaban J connectivity index is 2.45. The molecule has 0 amide bonds. The number of aromatic carboxylic acids is 1. The first-order chi connectivity index (χ1) is 9.17. The summed E-state index contributed by atoms with van der Waals surface area (Å²) in [4.78, 5) is 18.0. The first-order valence-electron chi connectivity index (χ1n) is 6.55. The van der Waals surface area contributed by atoms with E-state index in [9.17, 15) is 9.90 Å². The van der Waals surface area contributed by atoms with Crippen LogP contribution in [0, 0.1) is 0 Å². The minimum absolute atomic E-state index is 0.285. The minimum atomic E-state index is -0.917. The molecule has 0 radical (unpaired) electrons. The van der Waals surface area contributed by atoms with E-state index in [0.29, 0.717) is 5.52 Å². The van der Waals surface area contributed by atoms with Crippen molar-refractivity contribution in [2.75, 3.05) is 18.0 Å². The lowest BCUT2D eigenvalue weighted by atomic mass is 10.2. The van der Waals surface area contributed by atoms with Gasteiger partial charge in [-0.3, -0.25) is 0 Å². The number of carboxylic acids is 1. The number of anilines is 1. The molecule has 0 aliphatic carbocycles. The number of nitrogens with zero attached hydrogens (tertiary/aromatic N) is 2. The smallest absolute Gasteiger partial charge is 0.337 e. The lowest BCUT2D eigenvalue weighted by Crippen LogP contribution is -2.24. The minimum Gasteiger partial charge on any atom is -0.478 e. The van der Waals surface area contributed by atoms with Crippen LogP contribution in [0.2, 0.25) is 0 Å². The van der Waals surface area contributed by atoms with E-state index in [0.717, 1.165) is 35.8 Å². The Morgan fingerprint density at radius 1 is 1.32 bits per heavy atom. The van der Waals surface area contributed by atoms with Crippen LogP contribution in [0.15, 0.2) is 18.2 Å². The van der Waals surface area contributed by atoms with Crippen LogP contribution in [0.4, 0.5) is 5.13 Å². The quantitative estimate of drug-likeness (QED) is 0.876. The summed E-state index contributed by atoms with van der Waals surface area (Å²) < 4.78 is 0.937. The Labute approximate surface area is 116 Å². The number of thiazole rings is 1. The fourth-order valence-corrected chi connectivity index (χ4v) is 3.13. The van der Waals surface area contributed by atoms with Crippen LogP contribution in [0.5, 0.6) is 0 Å². The van der Waals surface area contributed by atoms with Gasteiger partial charge in [0, 0.05) is 13.1 Å². The molecule has 1 aromatic carbocycles. The zero-order chi connectivity index (χ0) is 13.8. The molecule has 0 saturated heterocycles. The summed E-state index contributed by atoms with van der Waals surface area (Å²) in [7, 11) is 0. The Morgan fingerprint density at radius 3 is 2.58 bits per heavy atom. The zero-order valence-corrected chi connectivity index (χ0v) is 12.0. The van der Waals surface area contributed by atoms with Gasteiger partial charge in [0.15, 0.2) is 5.13 Å². The molecule has 1 N–H and O–H groups in total. The van der Waals surface area contributed by atoms with Crippen molar-refractivity contribution in [1.82, 2.24) is 4.98 Å². The van der Waals surface area contributed by atoms with E-state index in [-0.39, 0.29) is 5.56 Å². The van der Waals surface area contributed by atoms with Crippen LogP contribution >= 0.6 is 11.3 Å². The third-order valence-corrected chi connectivity index (χ3v) is 3.98. The van der Waals surface area contributed by atoms with E-state index >= 15 is 0 Å². The molecular weight excluding hydrogens is 260 g/mol. The maximum Gasteiger partial charge on any atom is 0.337 e. The second kappa shape index (κ2) is 6.02. The number of fused-ring (bicyclic) bond motifs is 1. The van der Waals surface area contributed by atoms with Gasteiger partial charge in [-0.15, -0.1) is 0 Å². The molecular formula is C14H18N2O2S. The lowest BCUT2D eigenvalue weighted by Gasteiger charge is -2.19. The van der Waals surface area contributed by atoms with E-state index in [2.05, 4.69) is 23.7 Å². The van der Waals surface area contributed by atoms with Gasteiger partial charge in [-0.2, -0.15) is 0 Å². The Kier molecular flexibility index (Phi) is 4.37. The molecule has 4 nitrogen and oxygen atoms in total. The Hall–Kier alpha value is -1.62. The van der Waals surface area contributed by atoms with Crippen molar-refractivity contribution in [2.24, 2.45) is 0 Å². The van der Waals surface area contributed by atoms with Gasteiger partial charge in [-0.25, -0.2) is 9.78 Å². The summed E-state index contributed by atoms with van der Waals surface area (Å²) in [6, 6.07) is 5.31. The maximum atomic E-state index is 11.2. The highest BCUT2D eigenvalue weighted by Gasteiger charge is 2.15. The summed E-state index contributed by atoms with van der Waals surface area (Å²) in [5.74, 6) is -0.917. The van der Waals surface area contributed by atoms with Crippen LogP contribution in [-0.2, 0) is 0 Å². The molecule has 102 valence electrons. The molecule has 1 aromatic heterocycles. The highest BCUT2D eigenvalue weighted by atomic mass is 32.1. The van der Waals surface area contributed by atoms with Gasteiger partial charge < -0.3 is 10.0 Å². The topological polar surface area (TPSA) is 53.4 Å². The number of carbonyl (C=O) groups is 1. The van der Waals surface area contributed by atoms with Crippen molar-refractivity contribution >= 4 is 32.7 Å². The molecule has 1 heterocycles. The number of para-hydroxylation sites is 1. The van der Waals surface area contributed by atoms with Crippen LogP contribution in [0.25, 0.3) is 10.2 Å². The fourth-order valence-electron chi connectivity index (χ4n) is 2.09. The molecule has 2 aromatic rings. The van der Waals surface area contributed by atoms with Crippen molar-refractivity contribution in [3.63, 3.8) is 0 Å². The van der Waals surface area contributed by atoms with Crippen molar-refractivity contribution in [2.45, 2.75) is 26.7 Å². The van der Waals surface area contributed by atoms with Crippen molar-refractivity contribution in [3.05, 3.63) is 23.8 Å². The summed E-state index contributed by atoms with van der Waals surface area (Å²) in [5, 5.41) is 10.1. The van der Waals surface area contributed by atoms with Crippen molar-refractivity contribution in [3.8, 4) is 0 Å². The molecule has 5 heteroatoms. The summed E-state index contributed by atoms with van der Waals surface area (Å²) in [6.07, 6.45) is 2.11. The highest BCUT2D eigenvalue weighted by molar-refractivity contribution is 7.22. The van der Waals surface area contributed by atoms with Crippen LogP contribution in [0.3, 0.4) is 0 Å². The van der Waals surface area contributed by atoms with E-state index in [1.54, 1.807) is 23.5 Å². The standard InChI is InChI=1S/C14H18N2O2S/c1-3-8-16(9-4-2)14-15-12-10(13(17)18)6-5-7-11(12)19-14/h5-7H,3-4,8-9H2,1-2H3,(H,17,18). The number of benzene rings is 1. The molecule has 0 fully saturated rings. The summed E-state index contributed by atoms with van der Waals surface area (Å²) in [5.41, 5.74) is 0.889. The number of hydrogen-bond acceptors (Lipinski definition) is 4. The van der Waals surface area contributed by atoms with Gasteiger partial charge in [0.2, 0.25) is 0 Å². The van der Waals surface area contributed by atoms with Crippen LogP contribution < -0.4 is 4.90 Å². The molecule has 0 unspecified atom stereocenters. The number of aromatic nitrogens is 1. The van der Waals surface area contributed by atoms with Crippen molar-refractivity contribution in [1.29, 1.82) is 0 Å². The molecule has 0 aliphatic heterocycles. The first-order valence-corrected chi connectivity index (χ1v) is 7.36.